The maximum atomic E-state index is 13.2. The van der Waals surface area contributed by atoms with Crippen LogP contribution in [-0.2, 0) is 10.2 Å². The number of hydrogen-bond donors (Lipinski definition) is 5. The Morgan fingerprint density at radius 2 is 1.52 bits per heavy atom. The summed E-state index contributed by atoms with van der Waals surface area (Å²) in [6, 6.07) is 6.54. The first-order valence-corrected chi connectivity index (χ1v) is 10.4. The van der Waals surface area contributed by atoms with E-state index in [1.165, 1.54) is 12.1 Å². The fourth-order valence-electron chi connectivity index (χ4n) is 3.05. The number of rotatable bonds is 7. The van der Waals surface area contributed by atoms with Crippen molar-refractivity contribution in [1.82, 2.24) is 15.2 Å². The SMILES string of the molecule is CC(C)CNC(=O)c1c(O)c(C(=O)NCC(=O)O)c(O)n(-c2ccc(C(C)(C)C)cc2)c1=O. The molecule has 0 spiro atoms. The van der Waals surface area contributed by atoms with E-state index in [-0.39, 0.29) is 23.6 Å². The molecule has 2 aromatic rings. The number of aromatic nitrogens is 1. The van der Waals surface area contributed by atoms with E-state index >= 15 is 0 Å². The van der Waals surface area contributed by atoms with Crippen LogP contribution >= 0.6 is 0 Å². The van der Waals surface area contributed by atoms with Crippen LogP contribution in [0.2, 0.25) is 0 Å². The van der Waals surface area contributed by atoms with Crippen molar-refractivity contribution >= 4 is 17.8 Å². The molecule has 0 aliphatic carbocycles. The van der Waals surface area contributed by atoms with E-state index in [4.69, 9.17) is 5.11 Å². The van der Waals surface area contributed by atoms with E-state index < -0.39 is 52.6 Å². The third kappa shape index (κ3) is 5.71. The number of carboxylic acid groups (broad SMARTS) is 1. The van der Waals surface area contributed by atoms with Crippen molar-refractivity contribution < 1.29 is 29.7 Å². The highest BCUT2D eigenvalue weighted by Gasteiger charge is 2.30. The zero-order chi connectivity index (χ0) is 25.1. The van der Waals surface area contributed by atoms with Crippen LogP contribution in [0.4, 0.5) is 0 Å². The molecule has 0 atom stereocenters. The Bertz CT molecular complexity index is 1130. The van der Waals surface area contributed by atoms with Gasteiger partial charge in [0.25, 0.3) is 17.4 Å². The first-order valence-electron chi connectivity index (χ1n) is 10.4. The molecule has 0 unspecified atom stereocenters. The molecule has 10 heteroatoms. The standard InChI is InChI=1S/C23H29N3O7/c1-12(2)10-24-19(30)16-18(29)17(20(31)25-11-15(27)28)22(33)26(21(16)32)14-8-6-13(7-9-14)23(3,4)5/h6-9,12,29,33H,10-11H2,1-5H3,(H,24,30)(H,25,31)(H,27,28). The summed E-state index contributed by atoms with van der Waals surface area (Å²) in [5.41, 5.74) is -1.67. The van der Waals surface area contributed by atoms with E-state index in [1.807, 2.05) is 39.9 Å². The maximum Gasteiger partial charge on any atom is 0.322 e. The minimum Gasteiger partial charge on any atom is -0.506 e. The fraction of sp³-hybridized carbons (Fsp3) is 0.391. The van der Waals surface area contributed by atoms with Crippen LogP contribution in [0, 0.1) is 5.92 Å². The van der Waals surface area contributed by atoms with E-state index in [9.17, 15) is 29.4 Å². The quantitative estimate of drug-likeness (QED) is 0.422. The van der Waals surface area contributed by atoms with Crippen LogP contribution in [0.1, 0.15) is 60.9 Å². The van der Waals surface area contributed by atoms with Crippen LogP contribution in [0.5, 0.6) is 11.6 Å². The molecule has 0 radical (unpaired) electrons. The van der Waals surface area contributed by atoms with Crippen molar-refractivity contribution in [1.29, 1.82) is 0 Å². The van der Waals surface area contributed by atoms with Crippen molar-refractivity contribution in [2.45, 2.75) is 40.0 Å². The molecule has 10 nitrogen and oxygen atoms in total. The number of aromatic hydroxyl groups is 2. The third-order valence-corrected chi connectivity index (χ3v) is 4.84. The van der Waals surface area contributed by atoms with Gasteiger partial charge in [-0.1, -0.05) is 46.8 Å². The highest BCUT2D eigenvalue weighted by Crippen LogP contribution is 2.31. The zero-order valence-corrected chi connectivity index (χ0v) is 19.2. The molecule has 5 N–H and O–H groups in total. The van der Waals surface area contributed by atoms with Gasteiger partial charge in [-0.3, -0.25) is 19.2 Å². The molecule has 0 bridgehead atoms. The lowest BCUT2D eigenvalue weighted by atomic mass is 9.87. The summed E-state index contributed by atoms with van der Waals surface area (Å²) in [6.07, 6.45) is 0. The maximum absolute atomic E-state index is 13.2. The van der Waals surface area contributed by atoms with Gasteiger partial charge in [0.1, 0.15) is 17.7 Å². The second kappa shape index (κ2) is 9.76. The lowest BCUT2D eigenvalue weighted by Crippen LogP contribution is -2.37. The summed E-state index contributed by atoms with van der Waals surface area (Å²) in [4.78, 5) is 49.3. The zero-order valence-electron chi connectivity index (χ0n) is 19.2. The molecular formula is C23H29N3O7. The number of aliphatic carboxylic acids is 1. The number of pyridine rings is 1. The van der Waals surface area contributed by atoms with Crippen LogP contribution in [0.25, 0.3) is 5.69 Å². The summed E-state index contributed by atoms with van der Waals surface area (Å²) in [6.45, 7) is 9.04. The fourth-order valence-corrected chi connectivity index (χ4v) is 3.05. The number of carbonyl (C=O) groups excluding carboxylic acids is 2. The van der Waals surface area contributed by atoms with Crippen LogP contribution in [-0.4, -0.2) is 50.8 Å². The third-order valence-electron chi connectivity index (χ3n) is 4.84. The van der Waals surface area contributed by atoms with Crippen molar-refractivity contribution in [3.05, 3.63) is 51.3 Å². The Morgan fingerprint density at radius 3 is 2.00 bits per heavy atom. The smallest absolute Gasteiger partial charge is 0.322 e. The molecule has 0 fully saturated rings. The van der Waals surface area contributed by atoms with Gasteiger partial charge in [0.05, 0.1) is 5.69 Å². The number of nitrogens with zero attached hydrogens (tertiary/aromatic N) is 1. The largest absolute Gasteiger partial charge is 0.506 e. The molecule has 0 aliphatic rings. The topological polar surface area (TPSA) is 158 Å². The lowest BCUT2D eigenvalue weighted by molar-refractivity contribution is -0.135. The average molecular weight is 459 g/mol. The van der Waals surface area contributed by atoms with Gasteiger partial charge in [0.2, 0.25) is 5.88 Å². The monoisotopic (exact) mass is 459 g/mol. The minimum atomic E-state index is -1.36. The van der Waals surface area contributed by atoms with Gasteiger partial charge in [-0.15, -0.1) is 0 Å². The van der Waals surface area contributed by atoms with E-state index in [0.29, 0.717) is 0 Å². The molecule has 0 aliphatic heterocycles. The molecule has 2 amide bonds. The normalized spacial score (nSPS) is 11.3. The summed E-state index contributed by atoms with van der Waals surface area (Å²) >= 11 is 0. The van der Waals surface area contributed by atoms with Crippen LogP contribution in [0.3, 0.4) is 0 Å². The molecule has 1 heterocycles. The molecule has 178 valence electrons. The van der Waals surface area contributed by atoms with Crippen LogP contribution < -0.4 is 16.2 Å². The Labute approximate surface area is 190 Å². The lowest BCUT2D eigenvalue weighted by Gasteiger charge is -2.20. The number of benzene rings is 1. The molecule has 33 heavy (non-hydrogen) atoms. The van der Waals surface area contributed by atoms with Gasteiger partial charge in [-0.25, -0.2) is 4.57 Å². The highest BCUT2D eigenvalue weighted by atomic mass is 16.4. The summed E-state index contributed by atoms with van der Waals surface area (Å²) in [5, 5.41) is 34.7. The number of carbonyl (C=O) groups is 3. The van der Waals surface area contributed by atoms with Crippen molar-refractivity contribution in [2.24, 2.45) is 5.92 Å². The Balaban J connectivity index is 2.75. The van der Waals surface area contributed by atoms with E-state index in [1.54, 1.807) is 12.1 Å². The van der Waals surface area contributed by atoms with Gasteiger partial charge in [-0.2, -0.15) is 0 Å². The molecule has 0 saturated carbocycles. The van der Waals surface area contributed by atoms with Crippen LogP contribution in [0.15, 0.2) is 29.1 Å². The Morgan fingerprint density at radius 1 is 0.970 bits per heavy atom. The van der Waals surface area contributed by atoms with Gasteiger partial charge < -0.3 is 26.0 Å². The Hall–Kier alpha value is -3.82. The summed E-state index contributed by atoms with van der Waals surface area (Å²) < 4.78 is 0.728. The number of hydrogen-bond acceptors (Lipinski definition) is 6. The first-order chi connectivity index (χ1) is 15.3. The molecular weight excluding hydrogens is 430 g/mol. The second-order valence-corrected chi connectivity index (χ2v) is 9.04. The summed E-state index contributed by atoms with van der Waals surface area (Å²) in [7, 11) is 0. The number of nitrogens with one attached hydrogen (secondary N) is 2. The predicted octanol–water partition coefficient (Wildman–Crippen LogP) is 1.75. The van der Waals surface area contributed by atoms with Gasteiger partial charge >= 0.3 is 5.97 Å². The molecule has 1 aromatic carbocycles. The number of carboxylic acids is 1. The van der Waals surface area contributed by atoms with Gasteiger partial charge in [0, 0.05) is 6.54 Å². The van der Waals surface area contributed by atoms with Crippen molar-refractivity contribution in [2.75, 3.05) is 13.1 Å². The summed E-state index contributed by atoms with van der Waals surface area (Å²) in [5.74, 6) is -5.38. The Kier molecular flexibility index (Phi) is 7.53. The second-order valence-electron chi connectivity index (χ2n) is 9.04. The van der Waals surface area contributed by atoms with Crippen molar-refractivity contribution in [3.63, 3.8) is 0 Å². The van der Waals surface area contributed by atoms with Gasteiger partial charge in [-0.05, 0) is 29.0 Å². The van der Waals surface area contributed by atoms with E-state index in [0.717, 1.165) is 10.1 Å². The molecule has 2 rings (SSSR count). The molecule has 1 aromatic heterocycles. The van der Waals surface area contributed by atoms with Gasteiger partial charge in [0.15, 0.2) is 5.75 Å². The predicted molar refractivity (Wildman–Crippen MR) is 121 cm³/mol. The number of amides is 2. The minimum absolute atomic E-state index is 0.0405. The van der Waals surface area contributed by atoms with Crippen molar-refractivity contribution in [3.8, 4) is 17.3 Å². The highest BCUT2D eigenvalue weighted by molar-refractivity contribution is 6.05. The van der Waals surface area contributed by atoms with E-state index in [2.05, 4.69) is 5.32 Å². The molecule has 0 saturated heterocycles. The first kappa shape index (κ1) is 25.4. The average Bonchev–Trinajstić information content (AvgIpc) is 2.70.